The summed E-state index contributed by atoms with van der Waals surface area (Å²) in [6, 6.07) is 7.95. The molecular weight excluding hydrogens is 322 g/mol. The number of anilines is 1. The largest absolute Gasteiger partial charge is 0.465 e. The maximum absolute atomic E-state index is 12.4. The number of hydrogen-bond acceptors (Lipinski definition) is 5. The van der Waals surface area contributed by atoms with Gasteiger partial charge >= 0.3 is 5.97 Å². The van der Waals surface area contributed by atoms with Crippen LogP contribution in [-0.2, 0) is 4.74 Å². The fourth-order valence-electron chi connectivity index (χ4n) is 2.10. The van der Waals surface area contributed by atoms with Crippen LogP contribution in [0.1, 0.15) is 44.4 Å². The fourth-order valence-corrected chi connectivity index (χ4v) is 2.10. The van der Waals surface area contributed by atoms with E-state index in [1.54, 1.807) is 24.3 Å². The number of pyridine rings is 1. The van der Waals surface area contributed by atoms with Gasteiger partial charge in [0.15, 0.2) is 0 Å². The topological polar surface area (TPSA) is 97.4 Å². The molecule has 1 heterocycles. The number of methoxy groups -OCH3 is 1. The minimum Gasteiger partial charge on any atom is -0.465 e. The first-order valence-electron chi connectivity index (χ1n) is 7.78. The van der Waals surface area contributed by atoms with Crippen LogP contribution in [0.5, 0.6) is 0 Å². The number of aromatic nitrogens is 1. The molecule has 7 heteroatoms. The molecule has 25 heavy (non-hydrogen) atoms. The second-order valence-corrected chi connectivity index (χ2v) is 5.21. The normalized spacial score (nSPS) is 10.0. The minimum atomic E-state index is -0.554. The molecular formula is C18H19N3O4. The molecule has 1 aromatic carbocycles. The van der Waals surface area contributed by atoms with Crippen molar-refractivity contribution in [2.75, 3.05) is 19.0 Å². The molecule has 0 atom stereocenters. The molecule has 0 bridgehead atoms. The predicted octanol–water partition coefficient (Wildman–Crippen LogP) is 2.26. The SMILES string of the molecule is CCCNC(=O)c1cncc(C(=O)Nc2ccccc2C(=O)OC)c1. The Morgan fingerprint density at radius 1 is 1.08 bits per heavy atom. The zero-order chi connectivity index (χ0) is 18.2. The number of esters is 1. The van der Waals surface area contributed by atoms with E-state index >= 15 is 0 Å². The second kappa shape index (κ2) is 8.58. The van der Waals surface area contributed by atoms with Gasteiger partial charge in [0.1, 0.15) is 0 Å². The van der Waals surface area contributed by atoms with E-state index in [1.165, 1.54) is 25.6 Å². The van der Waals surface area contributed by atoms with Crippen molar-refractivity contribution in [3.63, 3.8) is 0 Å². The maximum Gasteiger partial charge on any atom is 0.339 e. The first kappa shape index (κ1) is 18.1. The standard InChI is InChI=1S/C18H19N3O4/c1-3-8-20-16(22)12-9-13(11-19-10-12)17(23)21-15-7-5-4-6-14(15)18(24)25-2/h4-7,9-11H,3,8H2,1-2H3,(H,20,22)(H,21,23). The molecule has 0 fully saturated rings. The van der Waals surface area contributed by atoms with Gasteiger partial charge in [-0.15, -0.1) is 0 Å². The number of benzene rings is 1. The van der Waals surface area contributed by atoms with Gasteiger partial charge in [-0.05, 0) is 24.6 Å². The van der Waals surface area contributed by atoms with Gasteiger partial charge in [-0.1, -0.05) is 19.1 Å². The smallest absolute Gasteiger partial charge is 0.339 e. The van der Waals surface area contributed by atoms with E-state index in [1.807, 2.05) is 6.92 Å². The predicted molar refractivity (Wildman–Crippen MR) is 92.6 cm³/mol. The average Bonchev–Trinajstić information content (AvgIpc) is 2.66. The van der Waals surface area contributed by atoms with E-state index < -0.39 is 11.9 Å². The molecule has 1 aromatic heterocycles. The number of nitrogens with zero attached hydrogens (tertiary/aromatic N) is 1. The summed E-state index contributed by atoms with van der Waals surface area (Å²) in [6.07, 6.45) is 3.56. The highest BCUT2D eigenvalue weighted by atomic mass is 16.5. The molecule has 2 amide bonds. The lowest BCUT2D eigenvalue weighted by molar-refractivity contribution is 0.0601. The summed E-state index contributed by atoms with van der Waals surface area (Å²) in [4.78, 5) is 40.1. The van der Waals surface area contributed by atoms with Crippen LogP contribution < -0.4 is 10.6 Å². The Bertz CT molecular complexity index is 789. The number of nitrogens with one attached hydrogen (secondary N) is 2. The lowest BCUT2D eigenvalue weighted by Crippen LogP contribution is -2.24. The Kier molecular flexibility index (Phi) is 6.22. The molecule has 2 aromatic rings. The zero-order valence-electron chi connectivity index (χ0n) is 14.0. The summed E-state index contributed by atoms with van der Waals surface area (Å²) >= 11 is 0. The fraction of sp³-hybridized carbons (Fsp3) is 0.222. The Morgan fingerprint density at radius 3 is 2.44 bits per heavy atom. The molecule has 2 rings (SSSR count). The summed E-state index contributed by atoms with van der Waals surface area (Å²) < 4.78 is 4.70. The van der Waals surface area contributed by atoms with Crippen LogP contribution in [0.25, 0.3) is 0 Å². The van der Waals surface area contributed by atoms with E-state index in [-0.39, 0.29) is 17.0 Å². The van der Waals surface area contributed by atoms with E-state index in [0.717, 1.165) is 6.42 Å². The van der Waals surface area contributed by atoms with Crippen molar-refractivity contribution in [1.82, 2.24) is 10.3 Å². The lowest BCUT2D eigenvalue weighted by atomic mass is 10.1. The molecule has 0 aliphatic rings. The van der Waals surface area contributed by atoms with Crippen molar-refractivity contribution in [2.45, 2.75) is 13.3 Å². The summed E-state index contributed by atoms with van der Waals surface area (Å²) in [5, 5.41) is 5.36. The quantitative estimate of drug-likeness (QED) is 0.786. The van der Waals surface area contributed by atoms with Crippen LogP contribution in [0.4, 0.5) is 5.69 Å². The molecule has 0 aliphatic carbocycles. The third-order valence-corrected chi connectivity index (χ3v) is 3.38. The number of hydrogen-bond donors (Lipinski definition) is 2. The second-order valence-electron chi connectivity index (χ2n) is 5.21. The van der Waals surface area contributed by atoms with Crippen molar-refractivity contribution in [3.05, 3.63) is 59.4 Å². The van der Waals surface area contributed by atoms with Crippen molar-refractivity contribution < 1.29 is 19.1 Å². The van der Waals surface area contributed by atoms with E-state index in [2.05, 4.69) is 15.6 Å². The summed E-state index contributed by atoms with van der Waals surface area (Å²) in [5.74, 6) is -1.32. The van der Waals surface area contributed by atoms with Crippen molar-refractivity contribution >= 4 is 23.5 Å². The van der Waals surface area contributed by atoms with Crippen molar-refractivity contribution in [3.8, 4) is 0 Å². The molecule has 0 saturated heterocycles. The van der Waals surface area contributed by atoms with Crippen molar-refractivity contribution in [2.24, 2.45) is 0 Å². The summed E-state index contributed by atoms with van der Waals surface area (Å²) in [6.45, 7) is 2.49. The molecule has 0 unspecified atom stereocenters. The van der Waals surface area contributed by atoms with Crippen LogP contribution in [0.2, 0.25) is 0 Å². The van der Waals surface area contributed by atoms with Crippen LogP contribution in [-0.4, -0.2) is 36.4 Å². The first-order chi connectivity index (χ1) is 12.1. The van der Waals surface area contributed by atoms with E-state index in [4.69, 9.17) is 4.74 Å². The highest BCUT2D eigenvalue weighted by molar-refractivity contribution is 6.08. The van der Waals surface area contributed by atoms with Gasteiger partial charge in [0.25, 0.3) is 11.8 Å². The zero-order valence-corrected chi connectivity index (χ0v) is 14.0. The minimum absolute atomic E-state index is 0.212. The third kappa shape index (κ3) is 4.63. The molecule has 0 aliphatic heterocycles. The van der Waals surface area contributed by atoms with Crippen LogP contribution >= 0.6 is 0 Å². The number of amides is 2. The number of para-hydroxylation sites is 1. The molecule has 0 saturated carbocycles. The summed E-state index contributed by atoms with van der Waals surface area (Å²) in [7, 11) is 1.27. The third-order valence-electron chi connectivity index (χ3n) is 3.38. The highest BCUT2D eigenvalue weighted by Gasteiger charge is 2.15. The van der Waals surface area contributed by atoms with Gasteiger partial charge in [-0.3, -0.25) is 14.6 Å². The Hall–Kier alpha value is -3.22. The number of carbonyl (C=O) groups is 3. The number of carbonyl (C=O) groups excluding carboxylic acids is 3. The number of rotatable bonds is 6. The van der Waals surface area contributed by atoms with Gasteiger partial charge in [-0.25, -0.2) is 4.79 Å². The monoisotopic (exact) mass is 341 g/mol. The maximum atomic E-state index is 12.4. The molecule has 0 spiro atoms. The Morgan fingerprint density at radius 2 is 1.76 bits per heavy atom. The van der Waals surface area contributed by atoms with E-state index in [0.29, 0.717) is 17.8 Å². The van der Waals surface area contributed by atoms with E-state index in [9.17, 15) is 14.4 Å². The molecule has 130 valence electrons. The average molecular weight is 341 g/mol. The first-order valence-corrected chi connectivity index (χ1v) is 7.78. The van der Waals surface area contributed by atoms with Gasteiger partial charge in [0.05, 0.1) is 29.5 Å². The Balaban J connectivity index is 2.20. The molecule has 7 nitrogen and oxygen atoms in total. The van der Waals surface area contributed by atoms with Gasteiger partial charge in [-0.2, -0.15) is 0 Å². The van der Waals surface area contributed by atoms with Crippen LogP contribution in [0, 0.1) is 0 Å². The van der Waals surface area contributed by atoms with Gasteiger partial charge in [0, 0.05) is 18.9 Å². The highest BCUT2D eigenvalue weighted by Crippen LogP contribution is 2.17. The molecule has 0 radical (unpaired) electrons. The molecule has 2 N–H and O–H groups in total. The summed E-state index contributed by atoms with van der Waals surface area (Å²) in [5.41, 5.74) is 1.06. The number of ether oxygens (including phenoxy) is 1. The van der Waals surface area contributed by atoms with Crippen LogP contribution in [0.3, 0.4) is 0 Å². The van der Waals surface area contributed by atoms with Crippen molar-refractivity contribution in [1.29, 1.82) is 0 Å². The Labute approximate surface area is 145 Å². The van der Waals surface area contributed by atoms with Gasteiger partial charge < -0.3 is 15.4 Å². The lowest BCUT2D eigenvalue weighted by Gasteiger charge is -2.10. The van der Waals surface area contributed by atoms with Crippen LogP contribution in [0.15, 0.2) is 42.7 Å². The van der Waals surface area contributed by atoms with Gasteiger partial charge in [0.2, 0.25) is 0 Å².